The van der Waals surface area contributed by atoms with E-state index < -0.39 is 15.7 Å². The molecule has 7 nitrogen and oxygen atoms in total. The van der Waals surface area contributed by atoms with Crippen LogP contribution in [0, 0.1) is 5.82 Å². The van der Waals surface area contributed by atoms with Crippen molar-refractivity contribution in [3.05, 3.63) is 47.4 Å². The van der Waals surface area contributed by atoms with Crippen LogP contribution in [-0.4, -0.2) is 34.6 Å². The summed E-state index contributed by atoms with van der Waals surface area (Å²) >= 11 is 5.68. The van der Waals surface area contributed by atoms with E-state index in [0.717, 1.165) is 12.5 Å². The van der Waals surface area contributed by atoms with Gasteiger partial charge in [-0.05, 0) is 23.7 Å². The van der Waals surface area contributed by atoms with E-state index in [-0.39, 0.29) is 16.9 Å². The van der Waals surface area contributed by atoms with Gasteiger partial charge in [0.05, 0.1) is 23.0 Å². The number of sulfone groups is 1. The Kier molecular flexibility index (Phi) is 4.29. The number of nitrogens with zero attached hydrogens (tertiary/aromatic N) is 4. The first-order valence-corrected chi connectivity index (χ1v) is 9.13. The van der Waals surface area contributed by atoms with Gasteiger partial charge in [0.2, 0.25) is 5.28 Å². The topological polar surface area (TPSA) is 97.7 Å². The van der Waals surface area contributed by atoms with E-state index in [4.69, 9.17) is 11.6 Å². The van der Waals surface area contributed by atoms with Crippen molar-refractivity contribution in [1.82, 2.24) is 19.9 Å². The molecular formula is C14H11ClFN5O2S. The van der Waals surface area contributed by atoms with Crippen molar-refractivity contribution in [3.8, 4) is 0 Å². The normalized spacial score (nSPS) is 11.6. The molecule has 2 aromatic heterocycles. The number of rotatable bonds is 4. The van der Waals surface area contributed by atoms with Gasteiger partial charge in [-0.15, -0.1) is 0 Å². The maximum atomic E-state index is 13.8. The Morgan fingerprint density at radius 3 is 2.71 bits per heavy atom. The molecule has 0 fully saturated rings. The highest BCUT2D eigenvalue weighted by molar-refractivity contribution is 7.89. The molecule has 0 unspecified atom stereocenters. The van der Waals surface area contributed by atoms with Gasteiger partial charge in [-0.3, -0.25) is 9.97 Å². The molecule has 10 heteroatoms. The number of anilines is 2. The van der Waals surface area contributed by atoms with Gasteiger partial charge in [0.15, 0.2) is 21.5 Å². The molecule has 0 aliphatic heterocycles. The molecule has 3 rings (SSSR count). The molecule has 1 N–H and O–H groups in total. The lowest BCUT2D eigenvalue weighted by Crippen LogP contribution is -2.07. The Bertz CT molecular complexity index is 1030. The van der Waals surface area contributed by atoms with Crippen molar-refractivity contribution < 1.29 is 12.8 Å². The molecule has 0 amide bonds. The minimum atomic E-state index is -3.36. The highest BCUT2D eigenvalue weighted by Gasteiger charge is 2.17. The van der Waals surface area contributed by atoms with Crippen LogP contribution in [-0.2, 0) is 15.6 Å². The summed E-state index contributed by atoms with van der Waals surface area (Å²) in [6.07, 6.45) is 4.99. The smallest absolute Gasteiger partial charge is 0.224 e. The van der Waals surface area contributed by atoms with Crippen LogP contribution in [0.4, 0.5) is 15.9 Å². The van der Waals surface area contributed by atoms with Crippen LogP contribution in [0.15, 0.2) is 30.7 Å². The zero-order valence-electron chi connectivity index (χ0n) is 12.4. The second-order valence-corrected chi connectivity index (χ2v) is 7.52. The second-order valence-electron chi connectivity index (χ2n) is 5.05. The molecule has 0 bridgehead atoms. The van der Waals surface area contributed by atoms with Crippen molar-refractivity contribution in [3.63, 3.8) is 0 Å². The van der Waals surface area contributed by atoms with Crippen LogP contribution in [0.2, 0.25) is 5.28 Å². The third-order valence-electron chi connectivity index (χ3n) is 3.12. The highest BCUT2D eigenvalue weighted by atomic mass is 35.5. The molecule has 3 aromatic rings. The maximum Gasteiger partial charge on any atom is 0.224 e. The van der Waals surface area contributed by atoms with Gasteiger partial charge >= 0.3 is 0 Å². The number of fused-ring (bicyclic) bond motifs is 1. The molecule has 124 valence electrons. The number of nitrogens with one attached hydrogen (secondary N) is 1. The summed E-state index contributed by atoms with van der Waals surface area (Å²) in [6.45, 7) is 0. The summed E-state index contributed by atoms with van der Waals surface area (Å²) < 4.78 is 37.4. The predicted molar refractivity (Wildman–Crippen MR) is 88.4 cm³/mol. The molecule has 0 aliphatic carbocycles. The fourth-order valence-corrected chi connectivity index (χ4v) is 3.13. The van der Waals surface area contributed by atoms with Crippen LogP contribution in [0.3, 0.4) is 0 Å². The molecule has 0 atom stereocenters. The van der Waals surface area contributed by atoms with Crippen molar-refractivity contribution in [2.45, 2.75) is 5.75 Å². The minimum Gasteiger partial charge on any atom is -0.337 e. The van der Waals surface area contributed by atoms with Gasteiger partial charge < -0.3 is 5.32 Å². The standard InChI is InChI=1S/C14H11ClFN5O2S/c1-24(22,23)7-8-10(2-3-11-12(8)18-5-4-17-11)20-13-9(16)6-19-14(15)21-13/h2-6H,7H2,1H3,(H,19,20,21). The van der Waals surface area contributed by atoms with E-state index in [9.17, 15) is 12.8 Å². The van der Waals surface area contributed by atoms with Crippen molar-refractivity contribution in [2.75, 3.05) is 11.6 Å². The third-order valence-corrected chi connectivity index (χ3v) is 4.11. The number of hydrogen-bond donors (Lipinski definition) is 1. The monoisotopic (exact) mass is 367 g/mol. The minimum absolute atomic E-state index is 0.135. The van der Waals surface area contributed by atoms with Crippen molar-refractivity contribution in [2.24, 2.45) is 0 Å². The summed E-state index contributed by atoms with van der Waals surface area (Å²) in [4.78, 5) is 15.6. The van der Waals surface area contributed by atoms with Gasteiger partial charge in [-0.1, -0.05) is 0 Å². The molecule has 0 spiro atoms. The first kappa shape index (κ1) is 16.5. The molecule has 0 saturated carbocycles. The Labute approximate surface area is 141 Å². The lowest BCUT2D eigenvalue weighted by molar-refractivity contribution is 0.601. The third kappa shape index (κ3) is 3.57. The Balaban J connectivity index is 2.16. The van der Waals surface area contributed by atoms with E-state index in [2.05, 4.69) is 25.3 Å². The largest absolute Gasteiger partial charge is 0.337 e. The average molecular weight is 368 g/mol. The van der Waals surface area contributed by atoms with Crippen LogP contribution >= 0.6 is 11.6 Å². The van der Waals surface area contributed by atoms with Crippen LogP contribution < -0.4 is 5.32 Å². The molecule has 0 saturated heterocycles. The van der Waals surface area contributed by atoms with E-state index in [1.807, 2.05) is 0 Å². The molecular weight excluding hydrogens is 357 g/mol. The Hall–Kier alpha value is -2.39. The van der Waals surface area contributed by atoms with Gasteiger partial charge in [0, 0.05) is 29.9 Å². The van der Waals surface area contributed by atoms with Gasteiger partial charge in [-0.2, -0.15) is 4.98 Å². The lowest BCUT2D eigenvalue weighted by atomic mass is 10.1. The average Bonchev–Trinajstić information content (AvgIpc) is 2.52. The predicted octanol–water partition coefficient (Wildman–Crippen LogP) is 2.50. The first-order chi connectivity index (χ1) is 11.3. The van der Waals surface area contributed by atoms with E-state index in [1.165, 1.54) is 12.4 Å². The summed E-state index contributed by atoms with van der Waals surface area (Å²) in [6, 6.07) is 3.24. The number of halogens is 2. The van der Waals surface area contributed by atoms with Crippen molar-refractivity contribution in [1.29, 1.82) is 0 Å². The van der Waals surface area contributed by atoms with E-state index >= 15 is 0 Å². The SMILES string of the molecule is CS(=O)(=O)Cc1c(Nc2nc(Cl)ncc2F)ccc2nccnc12. The van der Waals surface area contributed by atoms with E-state index in [1.54, 1.807) is 12.1 Å². The first-order valence-electron chi connectivity index (χ1n) is 6.69. The molecule has 0 aliphatic rings. The fraction of sp³-hybridized carbons (Fsp3) is 0.143. The highest BCUT2D eigenvalue weighted by Crippen LogP contribution is 2.28. The summed E-state index contributed by atoms with van der Waals surface area (Å²) in [5.41, 5.74) is 1.66. The zero-order valence-corrected chi connectivity index (χ0v) is 13.9. The Morgan fingerprint density at radius 2 is 1.96 bits per heavy atom. The zero-order chi connectivity index (χ0) is 17.3. The van der Waals surface area contributed by atoms with Crippen LogP contribution in [0.1, 0.15) is 5.56 Å². The lowest BCUT2D eigenvalue weighted by Gasteiger charge is -2.13. The summed E-state index contributed by atoms with van der Waals surface area (Å²) in [7, 11) is -3.36. The summed E-state index contributed by atoms with van der Waals surface area (Å²) in [5.74, 6) is -1.16. The number of hydrogen-bond acceptors (Lipinski definition) is 7. The van der Waals surface area contributed by atoms with Gasteiger partial charge in [-0.25, -0.2) is 17.8 Å². The number of benzene rings is 1. The molecule has 2 heterocycles. The van der Waals surface area contributed by atoms with Crippen molar-refractivity contribution >= 4 is 44.0 Å². The van der Waals surface area contributed by atoms with Crippen LogP contribution in [0.5, 0.6) is 0 Å². The van der Waals surface area contributed by atoms with E-state index in [0.29, 0.717) is 22.3 Å². The van der Waals surface area contributed by atoms with Crippen LogP contribution in [0.25, 0.3) is 11.0 Å². The second kappa shape index (κ2) is 6.25. The Morgan fingerprint density at radius 1 is 1.21 bits per heavy atom. The van der Waals surface area contributed by atoms with Gasteiger partial charge in [0.25, 0.3) is 0 Å². The molecule has 1 aromatic carbocycles. The quantitative estimate of drug-likeness (QED) is 0.707. The molecule has 0 radical (unpaired) electrons. The molecule has 24 heavy (non-hydrogen) atoms. The number of aromatic nitrogens is 4. The maximum absolute atomic E-state index is 13.8. The summed E-state index contributed by atoms with van der Waals surface area (Å²) in [5, 5.41) is 2.62. The van der Waals surface area contributed by atoms with Gasteiger partial charge in [0.1, 0.15) is 0 Å². The fourth-order valence-electron chi connectivity index (χ4n) is 2.18.